The monoisotopic (exact) mass is 147 g/mol. The van der Waals surface area contributed by atoms with Crippen LogP contribution in [0.4, 0.5) is 0 Å². The summed E-state index contributed by atoms with van der Waals surface area (Å²) in [6.07, 6.45) is 0.997. The standard InChI is InChI=1S/C10H11O/c1-2-10-9-6-4-3-5-8(9)7-11-10/h3-6H,2,7H2,1H3/q+1. The zero-order valence-corrected chi connectivity index (χ0v) is 6.63. The Bertz CT molecular complexity index is 299. The molecule has 0 spiro atoms. The van der Waals surface area contributed by atoms with Gasteiger partial charge in [0.05, 0.1) is 17.5 Å². The number of carbonyl (C=O) groups excluding carboxylic acids is 1. The van der Waals surface area contributed by atoms with Crippen molar-refractivity contribution in [2.24, 2.45) is 0 Å². The van der Waals surface area contributed by atoms with Crippen LogP contribution in [0.15, 0.2) is 24.3 Å². The molecule has 0 unspecified atom stereocenters. The molecule has 1 aromatic rings. The summed E-state index contributed by atoms with van der Waals surface area (Å²) in [6.45, 7) is 2.89. The van der Waals surface area contributed by atoms with Crippen LogP contribution in [-0.2, 0) is 6.61 Å². The van der Waals surface area contributed by atoms with E-state index in [1.165, 1.54) is 11.1 Å². The summed E-state index contributed by atoms with van der Waals surface area (Å²) >= 11 is 0. The summed E-state index contributed by atoms with van der Waals surface area (Å²) in [5.41, 5.74) is 2.62. The molecule has 1 nitrogen and oxygen atoms in total. The first-order chi connectivity index (χ1) is 5.42. The number of rotatable bonds is 1. The van der Waals surface area contributed by atoms with E-state index in [1.807, 2.05) is 0 Å². The Morgan fingerprint density at radius 2 is 2.18 bits per heavy atom. The predicted octanol–water partition coefficient (Wildman–Crippen LogP) is 2.33. The topological polar surface area (TPSA) is 11.3 Å². The number of benzene rings is 1. The summed E-state index contributed by atoms with van der Waals surface area (Å²) < 4.78 is 5.49. The molecule has 0 aliphatic carbocycles. The smallest absolute Gasteiger partial charge is 0.253 e. The summed E-state index contributed by atoms with van der Waals surface area (Å²) in [5, 5.41) is 0. The van der Waals surface area contributed by atoms with E-state index in [1.54, 1.807) is 0 Å². The lowest BCUT2D eigenvalue weighted by molar-refractivity contribution is -0.283. The van der Waals surface area contributed by atoms with E-state index >= 15 is 0 Å². The lowest BCUT2D eigenvalue weighted by Gasteiger charge is -1.88. The summed E-state index contributed by atoms with van der Waals surface area (Å²) in [7, 11) is 0. The average molecular weight is 147 g/mol. The molecule has 56 valence electrons. The zero-order valence-electron chi connectivity index (χ0n) is 6.63. The van der Waals surface area contributed by atoms with Crippen LogP contribution in [0.1, 0.15) is 28.9 Å². The molecule has 0 radical (unpaired) electrons. The van der Waals surface area contributed by atoms with Crippen LogP contribution in [0.2, 0.25) is 0 Å². The minimum Gasteiger partial charge on any atom is -0.253 e. The van der Waals surface area contributed by atoms with Gasteiger partial charge in [-0.05, 0) is 12.1 Å². The van der Waals surface area contributed by atoms with E-state index in [9.17, 15) is 0 Å². The highest BCUT2D eigenvalue weighted by atomic mass is 16.4. The number of hydrogen-bond acceptors (Lipinski definition) is 0. The van der Waals surface area contributed by atoms with Gasteiger partial charge < -0.3 is 0 Å². The van der Waals surface area contributed by atoms with Gasteiger partial charge in [-0.1, -0.05) is 19.1 Å². The van der Waals surface area contributed by atoms with Crippen molar-refractivity contribution in [3.63, 3.8) is 0 Å². The summed E-state index contributed by atoms with van der Waals surface area (Å²) in [5.74, 6) is 1.14. The second kappa shape index (κ2) is 2.50. The molecule has 11 heavy (non-hydrogen) atoms. The Balaban J connectivity index is 2.48. The van der Waals surface area contributed by atoms with Gasteiger partial charge in [-0.3, -0.25) is 4.42 Å². The zero-order chi connectivity index (χ0) is 7.68. The van der Waals surface area contributed by atoms with Crippen LogP contribution in [0.25, 0.3) is 0 Å². The maximum Gasteiger partial charge on any atom is 0.327 e. The highest BCUT2D eigenvalue weighted by molar-refractivity contribution is 5.98. The molecule has 0 amide bonds. The molecule has 1 heterocycles. The first-order valence-corrected chi connectivity index (χ1v) is 3.98. The number of hydrogen-bond donors (Lipinski definition) is 0. The van der Waals surface area contributed by atoms with Crippen molar-refractivity contribution >= 4 is 5.78 Å². The molecule has 0 N–H and O–H groups in total. The Labute approximate surface area is 66.4 Å². The molecule has 0 aromatic heterocycles. The maximum atomic E-state index is 5.49. The van der Waals surface area contributed by atoms with Gasteiger partial charge in [0.2, 0.25) is 0 Å². The van der Waals surface area contributed by atoms with Crippen molar-refractivity contribution in [3.8, 4) is 0 Å². The second-order valence-corrected chi connectivity index (χ2v) is 2.72. The third kappa shape index (κ3) is 0.967. The molecular weight excluding hydrogens is 136 g/mol. The summed E-state index contributed by atoms with van der Waals surface area (Å²) in [6, 6.07) is 8.36. The van der Waals surface area contributed by atoms with E-state index < -0.39 is 0 Å². The normalized spacial score (nSPS) is 14.5. The number of ketones is 1. The van der Waals surface area contributed by atoms with Crippen molar-refractivity contribution in [1.29, 1.82) is 0 Å². The molecule has 1 aliphatic rings. The highest BCUT2D eigenvalue weighted by Crippen LogP contribution is 2.18. The fourth-order valence-electron chi connectivity index (χ4n) is 1.45. The van der Waals surface area contributed by atoms with Gasteiger partial charge in [0.1, 0.15) is 0 Å². The third-order valence-electron chi connectivity index (χ3n) is 2.04. The van der Waals surface area contributed by atoms with Crippen LogP contribution in [-0.4, -0.2) is 5.78 Å². The second-order valence-electron chi connectivity index (χ2n) is 2.72. The van der Waals surface area contributed by atoms with Crippen molar-refractivity contribution < 1.29 is 4.42 Å². The van der Waals surface area contributed by atoms with Gasteiger partial charge in [-0.2, -0.15) is 0 Å². The molecule has 0 fully saturated rings. The Hall–Kier alpha value is -1.11. The Kier molecular flexibility index (Phi) is 1.50. The number of fused-ring (bicyclic) bond motifs is 1. The molecule has 0 saturated carbocycles. The van der Waals surface area contributed by atoms with E-state index in [2.05, 4.69) is 31.2 Å². The Morgan fingerprint density at radius 1 is 1.36 bits per heavy atom. The first kappa shape index (κ1) is 6.59. The minimum atomic E-state index is 0.763. The molecule has 1 aliphatic heterocycles. The molecule has 0 atom stereocenters. The lowest BCUT2D eigenvalue weighted by Crippen LogP contribution is -1.94. The minimum absolute atomic E-state index is 0.763. The lowest BCUT2D eigenvalue weighted by atomic mass is 10.1. The third-order valence-corrected chi connectivity index (χ3v) is 2.04. The molecule has 0 bridgehead atoms. The first-order valence-electron chi connectivity index (χ1n) is 3.98. The van der Waals surface area contributed by atoms with Crippen molar-refractivity contribution in [1.82, 2.24) is 0 Å². The van der Waals surface area contributed by atoms with Gasteiger partial charge in [-0.25, -0.2) is 0 Å². The van der Waals surface area contributed by atoms with Gasteiger partial charge in [0.25, 0.3) is 6.61 Å². The fourth-order valence-corrected chi connectivity index (χ4v) is 1.45. The molecule has 0 saturated heterocycles. The van der Waals surface area contributed by atoms with Crippen LogP contribution in [0.5, 0.6) is 0 Å². The molecular formula is C10H11O+. The quantitative estimate of drug-likeness (QED) is 0.540. The van der Waals surface area contributed by atoms with Crippen molar-refractivity contribution in [2.75, 3.05) is 0 Å². The SMILES string of the molecule is CCC1=[O+]Cc2ccccc21. The molecule has 2 rings (SSSR count). The van der Waals surface area contributed by atoms with Crippen LogP contribution in [0, 0.1) is 0 Å². The van der Waals surface area contributed by atoms with E-state index in [4.69, 9.17) is 4.42 Å². The van der Waals surface area contributed by atoms with Crippen LogP contribution >= 0.6 is 0 Å². The van der Waals surface area contributed by atoms with Crippen molar-refractivity contribution in [2.45, 2.75) is 20.0 Å². The molecule has 1 heteroatoms. The largest absolute Gasteiger partial charge is 0.327 e. The van der Waals surface area contributed by atoms with Gasteiger partial charge in [0.15, 0.2) is 0 Å². The highest BCUT2D eigenvalue weighted by Gasteiger charge is 2.24. The van der Waals surface area contributed by atoms with E-state index in [-0.39, 0.29) is 0 Å². The van der Waals surface area contributed by atoms with Crippen LogP contribution in [0.3, 0.4) is 0 Å². The van der Waals surface area contributed by atoms with E-state index in [0.29, 0.717) is 0 Å². The van der Waals surface area contributed by atoms with Crippen LogP contribution < -0.4 is 0 Å². The summed E-state index contributed by atoms with van der Waals surface area (Å²) in [4.78, 5) is 0. The van der Waals surface area contributed by atoms with E-state index in [0.717, 1.165) is 18.8 Å². The average Bonchev–Trinajstić information content (AvgIpc) is 2.47. The fraction of sp³-hybridized carbons (Fsp3) is 0.300. The predicted molar refractivity (Wildman–Crippen MR) is 44.8 cm³/mol. The maximum absolute atomic E-state index is 5.49. The van der Waals surface area contributed by atoms with Gasteiger partial charge in [-0.15, -0.1) is 0 Å². The Morgan fingerprint density at radius 3 is 3.00 bits per heavy atom. The van der Waals surface area contributed by atoms with Gasteiger partial charge in [0, 0.05) is 0 Å². The van der Waals surface area contributed by atoms with Crippen molar-refractivity contribution in [3.05, 3.63) is 35.4 Å². The van der Waals surface area contributed by atoms with Gasteiger partial charge >= 0.3 is 5.78 Å². The molecule has 1 aromatic carbocycles.